The molecule has 1 aromatic heterocycles. The Bertz CT molecular complexity index is 308. The molecule has 1 aliphatic heterocycles. The van der Waals surface area contributed by atoms with Gasteiger partial charge in [0.05, 0.1) is 12.2 Å². The van der Waals surface area contributed by atoms with E-state index in [2.05, 4.69) is 9.88 Å². The summed E-state index contributed by atoms with van der Waals surface area (Å²) in [4.78, 5) is 6.39. The fourth-order valence-electron chi connectivity index (χ4n) is 1.85. The third-order valence-corrected chi connectivity index (χ3v) is 2.96. The summed E-state index contributed by atoms with van der Waals surface area (Å²) in [7, 11) is 0. The minimum absolute atomic E-state index is 0.150. The van der Waals surface area contributed by atoms with Gasteiger partial charge in [-0.3, -0.25) is 0 Å². The normalized spacial score (nSPS) is 18.2. The molecule has 0 saturated carbocycles. The number of piperidine rings is 1. The topological polar surface area (TPSA) is 56.6 Å². The van der Waals surface area contributed by atoms with E-state index in [4.69, 9.17) is 5.11 Å². The Kier molecular flexibility index (Phi) is 5.38. The summed E-state index contributed by atoms with van der Waals surface area (Å²) in [5.74, 6) is 0.942. The highest BCUT2D eigenvalue weighted by molar-refractivity contribution is 5.38. The molecular weight excluding hydrogens is 216 g/mol. The highest BCUT2D eigenvalue weighted by Gasteiger charge is 2.31. The average molecular weight is 238 g/mol. The second-order valence-corrected chi connectivity index (χ2v) is 4.06. The van der Waals surface area contributed by atoms with Crippen molar-refractivity contribution in [1.29, 1.82) is 0 Å². The molecule has 0 spiro atoms. The molecular formula is C13H22N2O2. The van der Waals surface area contributed by atoms with Gasteiger partial charge in [-0.1, -0.05) is 19.9 Å². The van der Waals surface area contributed by atoms with Crippen LogP contribution in [0.4, 0.5) is 5.82 Å². The van der Waals surface area contributed by atoms with E-state index in [1.54, 1.807) is 6.20 Å². The maximum atomic E-state index is 9.85. The molecule has 2 heterocycles. The Balaban J connectivity index is 0.000000686. The lowest BCUT2D eigenvalue weighted by Crippen LogP contribution is -2.46. The molecule has 1 fully saturated rings. The molecule has 0 aromatic carbocycles. The summed E-state index contributed by atoms with van der Waals surface area (Å²) in [6.07, 6.45) is 2.96. The molecule has 0 aliphatic carbocycles. The minimum Gasteiger partial charge on any atom is -0.393 e. The third-order valence-electron chi connectivity index (χ3n) is 2.96. The Hall–Kier alpha value is -1.13. The van der Waals surface area contributed by atoms with Crippen molar-refractivity contribution in [3.8, 4) is 0 Å². The number of hydrogen-bond acceptors (Lipinski definition) is 4. The molecule has 0 bridgehead atoms. The molecule has 96 valence electrons. The first kappa shape index (κ1) is 13.9. The van der Waals surface area contributed by atoms with E-state index >= 15 is 0 Å². The van der Waals surface area contributed by atoms with Crippen LogP contribution in [-0.4, -0.2) is 40.5 Å². The van der Waals surface area contributed by atoms with Gasteiger partial charge >= 0.3 is 0 Å². The summed E-state index contributed by atoms with van der Waals surface area (Å²) >= 11 is 0. The third kappa shape index (κ3) is 3.68. The van der Waals surface area contributed by atoms with Crippen LogP contribution in [0.25, 0.3) is 0 Å². The van der Waals surface area contributed by atoms with Crippen LogP contribution in [0.15, 0.2) is 24.4 Å². The minimum atomic E-state index is -0.884. The van der Waals surface area contributed by atoms with E-state index in [1.807, 2.05) is 32.0 Å². The number of anilines is 1. The van der Waals surface area contributed by atoms with Gasteiger partial charge < -0.3 is 15.1 Å². The number of rotatable bonds is 2. The number of aliphatic hydroxyl groups is 2. The molecule has 0 atom stereocenters. The van der Waals surface area contributed by atoms with Crippen LogP contribution in [-0.2, 0) is 0 Å². The van der Waals surface area contributed by atoms with E-state index in [0.29, 0.717) is 12.8 Å². The lowest BCUT2D eigenvalue weighted by atomic mass is 9.92. The molecule has 0 unspecified atom stereocenters. The van der Waals surface area contributed by atoms with Gasteiger partial charge in [0.2, 0.25) is 0 Å². The fraction of sp³-hybridized carbons (Fsp3) is 0.615. The van der Waals surface area contributed by atoms with E-state index in [9.17, 15) is 5.11 Å². The van der Waals surface area contributed by atoms with Gasteiger partial charge in [0.15, 0.2) is 0 Å². The predicted octanol–water partition coefficient (Wildman–Crippen LogP) is 1.43. The van der Waals surface area contributed by atoms with Gasteiger partial charge in [0.25, 0.3) is 0 Å². The van der Waals surface area contributed by atoms with E-state index < -0.39 is 5.60 Å². The van der Waals surface area contributed by atoms with Crippen molar-refractivity contribution >= 4 is 5.82 Å². The van der Waals surface area contributed by atoms with Crippen LogP contribution in [0, 0.1) is 0 Å². The van der Waals surface area contributed by atoms with Gasteiger partial charge in [0, 0.05) is 19.3 Å². The maximum absolute atomic E-state index is 9.85. The van der Waals surface area contributed by atoms with Crippen molar-refractivity contribution in [3.05, 3.63) is 24.4 Å². The van der Waals surface area contributed by atoms with Gasteiger partial charge in [-0.25, -0.2) is 4.98 Å². The van der Waals surface area contributed by atoms with Crippen molar-refractivity contribution in [2.75, 3.05) is 24.6 Å². The first-order valence-electron chi connectivity index (χ1n) is 6.23. The molecule has 1 aliphatic rings. The quantitative estimate of drug-likeness (QED) is 0.818. The van der Waals surface area contributed by atoms with Gasteiger partial charge in [-0.15, -0.1) is 0 Å². The summed E-state index contributed by atoms with van der Waals surface area (Å²) in [5.41, 5.74) is -0.884. The van der Waals surface area contributed by atoms with E-state index in [1.165, 1.54) is 0 Å². The van der Waals surface area contributed by atoms with Crippen molar-refractivity contribution in [1.82, 2.24) is 4.98 Å². The Morgan fingerprint density at radius 3 is 2.41 bits per heavy atom. The van der Waals surface area contributed by atoms with Gasteiger partial charge in [-0.05, 0) is 25.0 Å². The Morgan fingerprint density at radius 1 is 1.29 bits per heavy atom. The maximum Gasteiger partial charge on any atom is 0.128 e. The highest BCUT2D eigenvalue weighted by atomic mass is 16.3. The molecule has 2 N–H and O–H groups in total. The van der Waals surface area contributed by atoms with Crippen molar-refractivity contribution in [2.45, 2.75) is 32.3 Å². The molecule has 4 nitrogen and oxygen atoms in total. The van der Waals surface area contributed by atoms with Gasteiger partial charge in [0.1, 0.15) is 5.82 Å². The average Bonchev–Trinajstić information content (AvgIpc) is 2.43. The zero-order valence-corrected chi connectivity index (χ0v) is 10.6. The molecule has 4 heteroatoms. The fourth-order valence-corrected chi connectivity index (χ4v) is 1.85. The molecule has 1 saturated heterocycles. The molecule has 0 amide bonds. The van der Waals surface area contributed by atoms with E-state index in [0.717, 1.165) is 18.9 Å². The molecule has 17 heavy (non-hydrogen) atoms. The highest BCUT2D eigenvalue weighted by Crippen LogP contribution is 2.24. The first-order valence-corrected chi connectivity index (χ1v) is 6.23. The lowest BCUT2D eigenvalue weighted by molar-refractivity contribution is -0.0326. The van der Waals surface area contributed by atoms with Gasteiger partial charge in [-0.2, -0.15) is 0 Å². The zero-order valence-electron chi connectivity index (χ0n) is 10.6. The van der Waals surface area contributed by atoms with E-state index in [-0.39, 0.29) is 6.61 Å². The lowest BCUT2D eigenvalue weighted by Gasteiger charge is -2.37. The predicted molar refractivity (Wildman–Crippen MR) is 69.1 cm³/mol. The standard InChI is InChI=1S/C11H16N2O2.C2H6/c14-9-11(15)4-7-13(8-5-11)10-3-1-2-6-12-10;1-2/h1-3,6,14-15H,4-5,7-9H2;1-2H3. The number of hydrogen-bond donors (Lipinski definition) is 2. The summed E-state index contributed by atoms with van der Waals surface area (Å²) in [6, 6.07) is 5.80. The summed E-state index contributed by atoms with van der Waals surface area (Å²) in [6.45, 7) is 5.34. The first-order chi connectivity index (χ1) is 8.23. The van der Waals surface area contributed by atoms with Crippen LogP contribution in [0.5, 0.6) is 0 Å². The van der Waals surface area contributed by atoms with Crippen LogP contribution in [0.1, 0.15) is 26.7 Å². The molecule has 1 aromatic rings. The second-order valence-electron chi connectivity index (χ2n) is 4.06. The van der Waals surface area contributed by atoms with Crippen molar-refractivity contribution in [2.24, 2.45) is 0 Å². The largest absolute Gasteiger partial charge is 0.393 e. The number of aromatic nitrogens is 1. The number of aliphatic hydroxyl groups excluding tert-OH is 1. The smallest absolute Gasteiger partial charge is 0.128 e. The Labute approximate surface area is 103 Å². The number of pyridine rings is 1. The van der Waals surface area contributed by atoms with Crippen LogP contribution < -0.4 is 4.90 Å². The van der Waals surface area contributed by atoms with Crippen LogP contribution >= 0.6 is 0 Å². The van der Waals surface area contributed by atoms with Crippen LogP contribution in [0.2, 0.25) is 0 Å². The molecule has 2 rings (SSSR count). The second kappa shape index (κ2) is 6.57. The SMILES string of the molecule is CC.OCC1(O)CCN(c2ccccn2)CC1. The van der Waals surface area contributed by atoms with Crippen molar-refractivity contribution in [3.63, 3.8) is 0 Å². The Morgan fingerprint density at radius 2 is 1.94 bits per heavy atom. The monoisotopic (exact) mass is 238 g/mol. The summed E-state index contributed by atoms with van der Waals surface area (Å²) < 4.78 is 0. The number of nitrogens with zero attached hydrogens (tertiary/aromatic N) is 2. The van der Waals surface area contributed by atoms with Crippen molar-refractivity contribution < 1.29 is 10.2 Å². The molecule has 0 radical (unpaired) electrons. The van der Waals surface area contributed by atoms with Crippen LogP contribution in [0.3, 0.4) is 0 Å². The zero-order chi connectivity index (χ0) is 12.7. The summed E-state index contributed by atoms with van der Waals surface area (Å²) in [5, 5.41) is 18.9.